The Morgan fingerprint density at radius 1 is 1.52 bits per heavy atom. The molecule has 8 heteroatoms. The van der Waals surface area contributed by atoms with Crippen LogP contribution in [0.15, 0.2) is 17.0 Å². The Kier molecular flexibility index (Phi) is 4.46. The van der Waals surface area contributed by atoms with Gasteiger partial charge in [0, 0.05) is 12.5 Å². The lowest BCUT2D eigenvalue weighted by atomic mass is 10.0. The van der Waals surface area contributed by atoms with Crippen LogP contribution in [0.1, 0.15) is 25.3 Å². The van der Waals surface area contributed by atoms with Crippen LogP contribution in [0.4, 0.5) is 11.4 Å². The molecule has 112 valence electrons. The minimum absolute atomic E-state index is 0.172. The van der Waals surface area contributed by atoms with Gasteiger partial charge in [-0.1, -0.05) is 6.92 Å². The number of carboxylic acids is 1. The fraction of sp³-hybridized carbons (Fsp3) is 0.385. The molecule has 1 aliphatic rings. The second kappa shape index (κ2) is 6.13. The van der Waals surface area contributed by atoms with Gasteiger partial charge in [-0.2, -0.15) is 0 Å². The molecule has 0 radical (unpaired) electrons. The summed E-state index contributed by atoms with van der Waals surface area (Å²) < 4.78 is 0. The number of hydrogen-bond acceptors (Lipinski definition) is 5. The van der Waals surface area contributed by atoms with Crippen LogP contribution < -0.4 is 5.32 Å². The molecule has 1 heterocycles. The molecule has 21 heavy (non-hydrogen) atoms. The van der Waals surface area contributed by atoms with Crippen molar-refractivity contribution in [3.63, 3.8) is 0 Å². The third-order valence-electron chi connectivity index (χ3n) is 3.19. The topological polar surface area (TPSA) is 110 Å². The number of nitrogens with zero attached hydrogens (tertiary/aromatic N) is 1. The largest absolute Gasteiger partial charge is 0.480 e. The van der Waals surface area contributed by atoms with Gasteiger partial charge < -0.3 is 10.4 Å². The molecule has 0 aromatic heterocycles. The van der Waals surface area contributed by atoms with Crippen molar-refractivity contribution in [2.75, 3.05) is 5.32 Å². The zero-order valence-corrected chi connectivity index (χ0v) is 12.1. The Balaban J connectivity index is 2.42. The second-order valence-electron chi connectivity index (χ2n) is 4.64. The normalized spacial score (nSPS) is 15.0. The third-order valence-corrected chi connectivity index (χ3v) is 4.59. The molecule has 0 saturated carbocycles. The number of amides is 1. The van der Waals surface area contributed by atoms with E-state index in [4.69, 9.17) is 5.11 Å². The first-order valence-electron chi connectivity index (χ1n) is 6.43. The van der Waals surface area contributed by atoms with Crippen LogP contribution in [0.3, 0.4) is 0 Å². The van der Waals surface area contributed by atoms with Crippen LogP contribution in [0, 0.1) is 10.1 Å². The fourth-order valence-electron chi connectivity index (χ4n) is 2.09. The van der Waals surface area contributed by atoms with Gasteiger partial charge in [0.1, 0.15) is 5.25 Å². The summed E-state index contributed by atoms with van der Waals surface area (Å²) >= 11 is 0.971. The van der Waals surface area contributed by atoms with E-state index in [9.17, 15) is 19.7 Å². The number of carboxylic acid groups (broad SMARTS) is 1. The Morgan fingerprint density at radius 3 is 2.81 bits per heavy atom. The summed E-state index contributed by atoms with van der Waals surface area (Å²) in [5.41, 5.74) is 1.05. The zero-order chi connectivity index (χ0) is 15.6. The van der Waals surface area contributed by atoms with E-state index >= 15 is 0 Å². The maximum absolute atomic E-state index is 11.3. The molecular weight excluding hydrogens is 296 g/mol. The molecule has 1 unspecified atom stereocenters. The first-order valence-corrected chi connectivity index (χ1v) is 7.31. The summed E-state index contributed by atoms with van der Waals surface area (Å²) in [5.74, 6) is -1.17. The highest BCUT2D eigenvalue weighted by molar-refractivity contribution is 8.00. The molecule has 0 saturated heterocycles. The van der Waals surface area contributed by atoms with Gasteiger partial charge >= 0.3 is 5.97 Å². The highest BCUT2D eigenvalue weighted by atomic mass is 32.2. The number of benzene rings is 1. The number of rotatable bonds is 5. The SMILES string of the molecule is CCC(Sc1cc2c(cc1[N+](=O)[O-])NC(=O)CC2)C(=O)O. The summed E-state index contributed by atoms with van der Waals surface area (Å²) in [6.45, 7) is 1.72. The number of nitro benzene ring substituents is 1. The van der Waals surface area contributed by atoms with Crippen molar-refractivity contribution in [2.45, 2.75) is 36.3 Å². The fourth-order valence-corrected chi connectivity index (χ4v) is 3.13. The Hall–Kier alpha value is -2.09. The van der Waals surface area contributed by atoms with E-state index in [-0.39, 0.29) is 11.6 Å². The molecule has 2 N–H and O–H groups in total. The molecule has 0 fully saturated rings. The van der Waals surface area contributed by atoms with E-state index in [0.29, 0.717) is 29.8 Å². The molecule has 1 amide bonds. The van der Waals surface area contributed by atoms with Crippen molar-refractivity contribution in [1.29, 1.82) is 0 Å². The molecule has 1 aliphatic heterocycles. The van der Waals surface area contributed by atoms with Crippen molar-refractivity contribution in [3.05, 3.63) is 27.8 Å². The second-order valence-corrected chi connectivity index (χ2v) is 5.88. The lowest BCUT2D eigenvalue weighted by Crippen LogP contribution is -2.19. The third kappa shape index (κ3) is 3.33. The highest BCUT2D eigenvalue weighted by Crippen LogP contribution is 2.38. The van der Waals surface area contributed by atoms with E-state index in [1.807, 2.05) is 0 Å². The predicted molar refractivity (Wildman–Crippen MR) is 77.6 cm³/mol. The number of nitrogens with one attached hydrogen (secondary N) is 1. The lowest BCUT2D eigenvalue weighted by molar-refractivity contribution is -0.387. The summed E-state index contributed by atoms with van der Waals surface area (Å²) in [5, 5.41) is 22.1. The highest BCUT2D eigenvalue weighted by Gasteiger charge is 2.26. The van der Waals surface area contributed by atoms with Gasteiger partial charge in [0.05, 0.1) is 15.5 Å². The molecule has 1 aromatic carbocycles. The first kappa shape index (κ1) is 15.3. The summed E-state index contributed by atoms with van der Waals surface area (Å²) in [6.07, 6.45) is 1.19. The molecule has 7 nitrogen and oxygen atoms in total. The maximum atomic E-state index is 11.3. The minimum atomic E-state index is -0.997. The minimum Gasteiger partial charge on any atom is -0.480 e. The number of thioether (sulfide) groups is 1. The van der Waals surface area contributed by atoms with Crippen LogP contribution >= 0.6 is 11.8 Å². The summed E-state index contributed by atoms with van der Waals surface area (Å²) in [4.78, 5) is 33.4. The van der Waals surface area contributed by atoms with Crippen LogP contribution in [-0.2, 0) is 16.0 Å². The lowest BCUT2D eigenvalue weighted by Gasteiger charge is -2.18. The molecule has 2 rings (SSSR count). The van der Waals surface area contributed by atoms with Crippen molar-refractivity contribution in [2.24, 2.45) is 0 Å². The molecule has 1 atom stereocenters. The number of carbonyl (C=O) groups excluding carboxylic acids is 1. The number of aryl methyl sites for hydroxylation is 1. The monoisotopic (exact) mass is 310 g/mol. The van der Waals surface area contributed by atoms with E-state index in [1.54, 1.807) is 13.0 Å². The van der Waals surface area contributed by atoms with Crippen molar-refractivity contribution in [3.8, 4) is 0 Å². The van der Waals surface area contributed by atoms with Gasteiger partial charge in [0.15, 0.2) is 0 Å². The number of hydrogen-bond donors (Lipinski definition) is 2. The van der Waals surface area contributed by atoms with Gasteiger partial charge in [-0.15, -0.1) is 11.8 Å². The van der Waals surface area contributed by atoms with Crippen LogP contribution in [0.5, 0.6) is 0 Å². The van der Waals surface area contributed by atoms with Crippen molar-refractivity contribution < 1.29 is 19.6 Å². The van der Waals surface area contributed by atoms with Crippen molar-refractivity contribution in [1.82, 2.24) is 0 Å². The molecule has 0 aliphatic carbocycles. The standard InChI is InChI=1S/C13H14N2O5S/c1-2-10(13(17)18)21-11-5-7-3-4-12(16)14-8(7)6-9(11)15(19)20/h5-6,10H,2-4H2,1H3,(H,14,16)(H,17,18). The molecule has 0 spiro atoms. The molecule has 1 aromatic rings. The Morgan fingerprint density at radius 2 is 2.24 bits per heavy atom. The Bertz CT molecular complexity index is 617. The van der Waals surface area contributed by atoms with E-state index < -0.39 is 16.1 Å². The smallest absolute Gasteiger partial charge is 0.316 e. The Labute approximate surface area is 124 Å². The number of carbonyl (C=O) groups is 2. The maximum Gasteiger partial charge on any atom is 0.316 e. The average molecular weight is 310 g/mol. The quantitative estimate of drug-likeness (QED) is 0.491. The van der Waals surface area contributed by atoms with Gasteiger partial charge in [-0.05, 0) is 24.5 Å². The van der Waals surface area contributed by atoms with E-state index in [2.05, 4.69) is 5.32 Å². The number of fused-ring (bicyclic) bond motifs is 1. The number of aliphatic carboxylic acids is 1. The van der Waals surface area contributed by atoms with Crippen LogP contribution in [-0.4, -0.2) is 27.2 Å². The van der Waals surface area contributed by atoms with Gasteiger partial charge in [-0.25, -0.2) is 0 Å². The summed E-state index contributed by atoms with van der Waals surface area (Å²) in [6, 6.07) is 2.92. The number of nitro groups is 1. The first-order chi connectivity index (χ1) is 9.92. The predicted octanol–water partition coefficient (Wildman–Crippen LogP) is 2.43. The number of anilines is 1. The summed E-state index contributed by atoms with van der Waals surface area (Å²) in [7, 11) is 0. The van der Waals surface area contributed by atoms with Gasteiger partial charge in [0.25, 0.3) is 5.69 Å². The van der Waals surface area contributed by atoms with Gasteiger partial charge in [-0.3, -0.25) is 19.7 Å². The van der Waals surface area contributed by atoms with Gasteiger partial charge in [0.2, 0.25) is 5.91 Å². The molecular formula is C13H14N2O5S. The molecule has 0 bridgehead atoms. The van der Waals surface area contributed by atoms with Crippen LogP contribution in [0.2, 0.25) is 0 Å². The van der Waals surface area contributed by atoms with E-state index in [1.165, 1.54) is 6.07 Å². The van der Waals surface area contributed by atoms with Crippen LogP contribution in [0.25, 0.3) is 0 Å². The average Bonchev–Trinajstić information content (AvgIpc) is 2.43. The van der Waals surface area contributed by atoms with E-state index in [0.717, 1.165) is 17.3 Å². The van der Waals surface area contributed by atoms with Crippen molar-refractivity contribution >= 4 is 35.0 Å². The zero-order valence-electron chi connectivity index (χ0n) is 11.3.